The van der Waals surface area contributed by atoms with Crippen molar-refractivity contribution >= 4 is 0 Å². The van der Waals surface area contributed by atoms with E-state index in [1.54, 1.807) is 0 Å². The Bertz CT molecular complexity index is 734. The average molecular weight is 408 g/mol. The zero-order valence-corrected chi connectivity index (χ0v) is 18.5. The van der Waals surface area contributed by atoms with Gasteiger partial charge in [-0.3, -0.25) is 9.88 Å². The molecule has 1 aliphatic heterocycles. The molecule has 0 bridgehead atoms. The van der Waals surface area contributed by atoms with Crippen LogP contribution in [0.4, 0.5) is 0 Å². The maximum absolute atomic E-state index is 4.79. The van der Waals surface area contributed by atoms with E-state index in [2.05, 4.69) is 46.2 Å². The number of nitrogens with zero attached hydrogens (tertiary/aromatic N) is 5. The summed E-state index contributed by atoms with van der Waals surface area (Å²) in [5.41, 5.74) is 2.42. The van der Waals surface area contributed by atoms with Gasteiger partial charge < -0.3 is 4.90 Å². The molecule has 2 aromatic heterocycles. The van der Waals surface area contributed by atoms with Crippen LogP contribution in [0, 0.1) is 0 Å². The lowest BCUT2D eigenvalue weighted by Crippen LogP contribution is -2.45. The van der Waals surface area contributed by atoms with Gasteiger partial charge >= 0.3 is 0 Å². The fourth-order valence-electron chi connectivity index (χ4n) is 5.05. The first kappa shape index (κ1) is 21.4. The van der Waals surface area contributed by atoms with Crippen molar-refractivity contribution in [3.8, 4) is 0 Å². The van der Waals surface area contributed by atoms with Crippen LogP contribution < -0.4 is 0 Å². The van der Waals surface area contributed by atoms with Gasteiger partial charge in [-0.15, -0.1) is 0 Å². The minimum atomic E-state index is 0.575. The fraction of sp³-hybridized carbons (Fsp3) is 0.640. The lowest BCUT2D eigenvalue weighted by molar-refractivity contribution is 0.106. The molecule has 0 aromatic carbocycles. The summed E-state index contributed by atoms with van der Waals surface area (Å²) in [4.78, 5) is 19.3. The summed E-state index contributed by atoms with van der Waals surface area (Å²) < 4.78 is 0. The SMILES string of the molecule is CCN1CCC(N(CCc2ccccn2)Cc2cnc(C3CCCCC3)nc2)CC1. The summed E-state index contributed by atoms with van der Waals surface area (Å²) in [5, 5.41) is 0. The van der Waals surface area contributed by atoms with Crippen LogP contribution in [0.2, 0.25) is 0 Å². The summed E-state index contributed by atoms with van der Waals surface area (Å²) in [5.74, 6) is 1.64. The highest BCUT2D eigenvalue weighted by Gasteiger charge is 2.24. The number of pyridine rings is 1. The molecule has 0 N–H and O–H groups in total. The second-order valence-corrected chi connectivity index (χ2v) is 8.99. The fourth-order valence-corrected chi connectivity index (χ4v) is 5.05. The number of hydrogen-bond acceptors (Lipinski definition) is 5. The van der Waals surface area contributed by atoms with E-state index in [9.17, 15) is 0 Å². The monoisotopic (exact) mass is 407 g/mol. The third kappa shape index (κ3) is 5.86. The van der Waals surface area contributed by atoms with Gasteiger partial charge in [0.2, 0.25) is 0 Å². The molecule has 2 fully saturated rings. The lowest BCUT2D eigenvalue weighted by atomic mass is 9.89. The first-order valence-electron chi connectivity index (χ1n) is 12.0. The van der Waals surface area contributed by atoms with Crippen LogP contribution in [-0.4, -0.2) is 57.0 Å². The summed E-state index contributed by atoms with van der Waals surface area (Å²) in [6.45, 7) is 7.82. The predicted octanol–water partition coefficient (Wildman–Crippen LogP) is 4.45. The summed E-state index contributed by atoms with van der Waals surface area (Å²) in [6, 6.07) is 6.85. The molecular weight excluding hydrogens is 370 g/mol. The van der Waals surface area contributed by atoms with Crippen LogP contribution in [0.5, 0.6) is 0 Å². The van der Waals surface area contributed by atoms with Crippen LogP contribution >= 0.6 is 0 Å². The Hall–Kier alpha value is -1.85. The number of likely N-dealkylation sites (tertiary alicyclic amines) is 1. The highest BCUT2D eigenvalue weighted by atomic mass is 15.2. The van der Waals surface area contributed by atoms with Crippen LogP contribution in [0.1, 0.15) is 74.9 Å². The Kier molecular flexibility index (Phi) is 7.82. The molecule has 30 heavy (non-hydrogen) atoms. The van der Waals surface area contributed by atoms with Crippen molar-refractivity contribution in [2.24, 2.45) is 0 Å². The van der Waals surface area contributed by atoms with Crippen molar-refractivity contribution in [1.82, 2.24) is 24.8 Å². The highest BCUT2D eigenvalue weighted by molar-refractivity contribution is 5.09. The van der Waals surface area contributed by atoms with Crippen LogP contribution in [0.25, 0.3) is 0 Å². The molecule has 3 heterocycles. The normalized spacial score (nSPS) is 19.4. The number of hydrogen-bond donors (Lipinski definition) is 0. The van der Waals surface area contributed by atoms with E-state index in [4.69, 9.17) is 9.97 Å². The predicted molar refractivity (Wildman–Crippen MR) is 121 cm³/mol. The second kappa shape index (κ2) is 11.0. The molecule has 0 spiro atoms. The molecular formula is C25H37N5. The second-order valence-electron chi connectivity index (χ2n) is 8.99. The van der Waals surface area contributed by atoms with E-state index < -0.39 is 0 Å². The van der Waals surface area contributed by atoms with E-state index >= 15 is 0 Å². The summed E-state index contributed by atoms with van der Waals surface area (Å²) in [6.07, 6.45) is 16.1. The molecule has 0 amide bonds. The Balaban J connectivity index is 1.40. The van der Waals surface area contributed by atoms with Crippen molar-refractivity contribution < 1.29 is 0 Å². The standard InChI is InChI=1S/C25H37N5/c1-2-29-15-12-24(13-16-29)30(17-11-23-10-6-7-14-26-23)20-21-18-27-25(28-19-21)22-8-4-3-5-9-22/h6-7,10,14,18-19,22,24H,2-5,8-9,11-13,15-17,20H2,1H3. The van der Waals surface area contributed by atoms with E-state index in [1.165, 1.54) is 69.3 Å². The van der Waals surface area contributed by atoms with Gasteiger partial charge in [-0.25, -0.2) is 9.97 Å². The van der Waals surface area contributed by atoms with Gasteiger partial charge in [-0.05, 0) is 57.5 Å². The molecule has 1 saturated carbocycles. The molecule has 5 heteroatoms. The van der Waals surface area contributed by atoms with Gasteiger partial charge in [0.05, 0.1) is 0 Å². The minimum absolute atomic E-state index is 0.575. The number of piperidine rings is 1. The Morgan fingerprint density at radius 3 is 2.40 bits per heavy atom. The molecule has 4 rings (SSSR count). The molecule has 2 aromatic rings. The van der Waals surface area contributed by atoms with E-state index in [0.717, 1.165) is 31.9 Å². The van der Waals surface area contributed by atoms with Gasteiger partial charge in [-0.2, -0.15) is 0 Å². The van der Waals surface area contributed by atoms with Crippen molar-refractivity contribution in [2.45, 2.75) is 76.8 Å². The number of aromatic nitrogens is 3. The quantitative estimate of drug-likeness (QED) is 0.647. The van der Waals surface area contributed by atoms with E-state index in [0.29, 0.717) is 12.0 Å². The topological polar surface area (TPSA) is 45.2 Å². The molecule has 0 radical (unpaired) electrons. The minimum Gasteiger partial charge on any atom is -0.303 e. The Labute approximate surface area is 181 Å². The van der Waals surface area contributed by atoms with Crippen molar-refractivity contribution in [1.29, 1.82) is 0 Å². The van der Waals surface area contributed by atoms with Crippen molar-refractivity contribution in [2.75, 3.05) is 26.2 Å². The highest BCUT2D eigenvalue weighted by Crippen LogP contribution is 2.30. The number of rotatable bonds is 8. The Morgan fingerprint density at radius 2 is 1.73 bits per heavy atom. The molecule has 0 atom stereocenters. The zero-order chi connectivity index (χ0) is 20.6. The van der Waals surface area contributed by atoms with E-state index in [1.807, 2.05) is 12.3 Å². The largest absolute Gasteiger partial charge is 0.303 e. The van der Waals surface area contributed by atoms with Crippen molar-refractivity contribution in [3.05, 3.63) is 53.9 Å². The van der Waals surface area contributed by atoms with Crippen LogP contribution in [0.15, 0.2) is 36.8 Å². The first-order valence-corrected chi connectivity index (χ1v) is 12.0. The molecule has 0 unspecified atom stereocenters. The first-order chi connectivity index (χ1) is 14.8. The average Bonchev–Trinajstić information content (AvgIpc) is 2.83. The molecule has 5 nitrogen and oxygen atoms in total. The zero-order valence-electron chi connectivity index (χ0n) is 18.5. The van der Waals surface area contributed by atoms with Gasteiger partial charge in [0.1, 0.15) is 5.82 Å². The van der Waals surface area contributed by atoms with Crippen LogP contribution in [0.3, 0.4) is 0 Å². The Morgan fingerprint density at radius 1 is 0.967 bits per heavy atom. The maximum atomic E-state index is 4.79. The summed E-state index contributed by atoms with van der Waals surface area (Å²) >= 11 is 0. The molecule has 162 valence electrons. The smallest absolute Gasteiger partial charge is 0.131 e. The lowest BCUT2D eigenvalue weighted by Gasteiger charge is -2.38. The maximum Gasteiger partial charge on any atom is 0.131 e. The molecule has 2 aliphatic rings. The van der Waals surface area contributed by atoms with Gasteiger partial charge in [0.25, 0.3) is 0 Å². The van der Waals surface area contributed by atoms with E-state index in [-0.39, 0.29) is 0 Å². The van der Waals surface area contributed by atoms with Gasteiger partial charge in [-0.1, -0.05) is 32.3 Å². The van der Waals surface area contributed by atoms with Gasteiger partial charge in [0.15, 0.2) is 0 Å². The molecule has 1 aliphatic carbocycles. The van der Waals surface area contributed by atoms with Crippen LogP contribution in [-0.2, 0) is 13.0 Å². The molecule has 1 saturated heterocycles. The van der Waals surface area contributed by atoms with Gasteiger partial charge in [0, 0.05) is 61.3 Å². The third-order valence-corrected chi connectivity index (χ3v) is 6.98. The third-order valence-electron chi connectivity index (χ3n) is 6.98. The summed E-state index contributed by atoms with van der Waals surface area (Å²) in [7, 11) is 0. The van der Waals surface area contributed by atoms with Crippen molar-refractivity contribution in [3.63, 3.8) is 0 Å².